The molecule has 0 spiro atoms. The molecule has 0 aliphatic heterocycles. The number of rotatable bonds is 7. The molecule has 31 heavy (non-hydrogen) atoms. The predicted octanol–water partition coefficient (Wildman–Crippen LogP) is 4.55. The fourth-order valence-corrected chi connectivity index (χ4v) is 4.51. The Kier molecular flexibility index (Phi) is 6.95. The quantitative estimate of drug-likeness (QED) is 0.568. The van der Waals surface area contributed by atoms with Crippen molar-refractivity contribution < 1.29 is 13.2 Å². The first-order valence-electron chi connectivity index (χ1n) is 9.41. The van der Waals surface area contributed by atoms with E-state index in [9.17, 15) is 13.2 Å². The molecular weight excluding hydrogens is 434 g/mol. The number of hydrogen-bond donors (Lipinski definition) is 1. The number of aryl methyl sites for hydroxylation is 1. The molecule has 0 heterocycles. The molecule has 0 aliphatic carbocycles. The van der Waals surface area contributed by atoms with E-state index in [1.54, 1.807) is 54.6 Å². The minimum atomic E-state index is -4.01. The largest absolute Gasteiger partial charge is 0.325 e. The Bertz CT molecular complexity index is 1220. The molecule has 1 amide bonds. The van der Waals surface area contributed by atoms with Crippen LogP contribution in [0.15, 0.2) is 77.7 Å². The van der Waals surface area contributed by atoms with Gasteiger partial charge in [-0.05, 0) is 54.4 Å². The number of nitrogens with one attached hydrogen (secondary N) is 1. The summed E-state index contributed by atoms with van der Waals surface area (Å²) in [6.45, 7) is 1.38. The van der Waals surface area contributed by atoms with E-state index in [0.29, 0.717) is 16.4 Å². The van der Waals surface area contributed by atoms with Crippen LogP contribution in [0.2, 0.25) is 5.02 Å². The zero-order valence-corrected chi connectivity index (χ0v) is 18.3. The Morgan fingerprint density at radius 2 is 1.74 bits per heavy atom. The molecule has 0 unspecified atom stereocenters. The monoisotopic (exact) mass is 453 g/mol. The van der Waals surface area contributed by atoms with Gasteiger partial charge in [0.05, 0.1) is 23.1 Å². The molecule has 3 rings (SSSR count). The van der Waals surface area contributed by atoms with Crippen LogP contribution in [0.25, 0.3) is 0 Å². The highest BCUT2D eigenvalue weighted by molar-refractivity contribution is 7.92. The number of nitriles is 1. The molecule has 1 N–H and O–H groups in total. The van der Waals surface area contributed by atoms with Gasteiger partial charge in [-0.3, -0.25) is 9.10 Å². The third-order valence-corrected chi connectivity index (χ3v) is 6.78. The predicted molar refractivity (Wildman–Crippen MR) is 122 cm³/mol. The second-order valence-corrected chi connectivity index (χ2v) is 9.11. The number of carbonyl (C=O) groups is 1. The van der Waals surface area contributed by atoms with E-state index >= 15 is 0 Å². The van der Waals surface area contributed by atoms with Crippen LogP contribution in [-0.2, 0) is 21.2 Å². The Morgan fingerprint density at radius 3 is 2.35 bits per heavy atom. The molecule has 0 saturated heterocycles. The van der Waals surface area contributed by atoms with Crippen molar-refractivity contribution in [3.05, 3.63) is 88.9 Å². The third-order valence-electron chi connectivity index (χ3n) is 4.58. The summed E-state index contributed by atoms with van der Waals surface area (Å²) >= 11 is 6.22. The van der Waals surface area contributed by atoms with Crippen molar-refractivity contribution in [3.63, 3.8) is 0 Å². The molecule has 8 heteroatoms. The standard InChI is InChI=1S/C23H20ClN3O3S/c1-17-7-12-20(15-22(17)24)27(31(29,30)21-5-3-2-4-6-21)16-23(28)26-19-10-8-18(9-11-19)13-14-25/h2-12,15H,13,16H2,1H3,(H,26,28). The van der Waals surface area contributed by atoms with Crippen LogP contribution < -0.4 is 9.62 Å². The first-order valence-corrected chi connectivity index (χ1v) is 11.2. The lowest BCUT2D eigenvalue weighted by atomic mass is 10.1. The summed E-state index contributed by atoms with van der Waals surface area (Å²) in [6, 6.07) is 21.6. The van der Waals surface area contributed by atoms with E-state index in [1.807, 2.05) is 6.92 Å². The number of carbonyl (C=O) groups excluding carboxylic acids is 1. The molecule has 6 nitrogen and oxygen atoms in total. The zero-order chi connectivity index (χ0) is 22.4. The number of hydrogen-bond acceptors (Lipinski definition) is 4. The molecule has 0 aromatic heterocycles. The number of nitrogens with zero attached hydrogens (tertiary/aromatic N) is 2. The van der Waals surface area contributed by atoms with Gasteiger partial charge in [-0.2, -0.15) is 5.26 Å². The van der Waals surface area contributed by atoms with Crippen LogP contribution >= 0.6 is 11.6 Å². The average molecular weight is 454 g/mol. The average Bonchev–Trinajstić information content (AvgIpc) is 2.76. The summed E-state index contributed by atoms with van der Waals surface area (Å²) in [6.07, 6.45) is 0.269. The first kappa shape index (κ1) is 22.3. The van der Waals surface area contributed by atoms with Gasteiger partial charge in [0.15, 0.2) is 0 Å². The van der Waals surface area contributed by atoms with Crippen LogP contribution in [0.1, 0.15) is 11.1 Å². The van der Waals surface area contributed by atoms with E-state index in [-0.39, 0.29) is 11.3 Å². The van der Waals surface area contributed by atoms with Gasteiger partial charge >= 0.3 is 0 Å². The normalized spacial score (nSPS) is 10.9. The molecule has 0 radical (unpaired) electrons. The van der Waals surface area contributed by atoms with Crippen LogP contribution in [0, 0.1) is 18.3 Å². The van der Waals surface area contributed by atoms with Crippen LogP contribution in [-0.4, -0.2) is 20.9 Å². The highest BCUT2D eigenvalue weighted by atomic mass is 35.5. The van der Waals surface area contributed by atoms with Gasteiger partial charge in [0, 0.05) is 10.7 Å². The van der Waals surface area contributed by atoms with E-state index in [4.69, 9.17) is 16.9 Å². The number of halogens is 1. The summed E-state index contributed by atoms with van der Waals surface area (Å²) < 4.78 is 27.6. The number of anilines is 2. The molecule has 0 fully saturated rings. The van der Waals surface area contributed by atoms with Gasteiger partial charge in [-0.1, -0.05) is 48.0 Å². The molecule has 0 atom stereocenters. The van der Waals surface area contributed by atoms with Gasteiger partial charge in [0.25, 0.3) is 10.0 Å². The van der Waals surface area contributed by atoms with Crippen molar-refractivity contribution in [2.75, 3.05) is 16.2 Å². The van der Waals surface area contributed by atoms with Crippen LogP contribution in [0.3, 0.4) is 0 Å². The van der Waals surface area contributed by atoms with Crippen molar-refractivity contribution in [2.24, 2.45) is 0 Å². The zero-order valence-electron chi connectivity index (χ0n) is 16.7. The first-order chi connectivity index (χ1) is 14.8. The summed E-state index contributed by atoms with van der Waals surface area (Å²) in [4.78, 5) is 12.8. The Balaban J connectivity index is 1.90. The van der Waals surface area contributed by atoms with Gasteiger partial charge in [-0.15, -0.1) is 0 Å². The van der Waals surface area contributed by atoms with Gasteiger partial charge < -0.3 is 5.32 Å². The highest BCUT2D eigenvalue weighted by Gasteiger charge is 2.27. The maximum absolute atomic E-state index is 13.3. The lowest BCUT2D eigenvalue weighted by Gasteiger charge is -2.24. The van der Waals surface area contributed by atoms with E-state index in [1.165, 1.54) is 18.2 Å². The lowest BCUT2D eigenvalue weighted by molar-refractivity contribution is -0.114. The van der Waals surface area contributed by atoms with Crippen LogP contribution in [0.5, 0.6) is 0 Å². The fourth-order valence-electron chi connectivity index (χ4n) is 2.90. The summed E-state index contributed by atoms with van der Waals surface area (Å²) in [7, 11) is -4.01. The van der Waals surface area contributed by atoms with Gasteiger partial charge in [0.2, 0.25) is 5.91 Å². The summed E-state index contributed by atoms with van der Waals surface area (Å²) in [5.74, 6) is -0.510. The van der Waals surface area contributed by atoms with Gasteiger partial charge in [-0.25, -0.2) is 8.42 Å². The fraction of sp³-hybridized carbons (Fsp3) is 0.130. The number of amides is 1. The van der Waals surface area contributed by atoms with Crippen molar-refractivity contribution in [1.29, 1.82) is 5.26 Å². The topological polar surface area (TPSA) is 90.3 Å². The smallest absolute Gasteiger partial charge is 0.264 e. The second-order valence-electron chi connectivity index (χ2n) is 6.84. The molecular formula is C23H20ClN3O3S. The minimum Gasteiger partial charge on any atom is -0.325 e. The number of benzene rings is 3. The van der Waals surface area contributed by atoms with Crippen LogP contribution in [0.4, 0.5) is 11.4 Å². The van der Waals surface area contributed by atoms with Crippen molar-refractivity contribution in [1.82, 2.24) is 0 Å². The molecule has 158 valence electrons. The molecule has 0 bridgehead atoms. The lowest BCUT2D eigenvalue weighted by Crippen LogP contribution is -2.38. The molecule has 3 aromatic rings. The van der Waals surface area contributed by atoms with Crippen molar-refractivity contribution in [3.8, 4) is 6.07 Å². The van der Waals surface area contributed by atoms with E-state index in [2.05, 4.69) is 11.4 Å². The van der Waals surface area contributed by atoms with E-state index < -0.39 is 22.5 Å². The number of sulfonamides is 1. The summed E-state index contributed by atoms with van der Waals surface area (Å²) in [5, 5.41) is 11.9. The highest BCUT2D eigenvalue weighted by Crippen LogP contribution is 2.28. The minimum absolute atomic E-state index is 0.0698. The van der Waals surface area contributed by atoms with Gasteiger partial charge in [0.1, 0.15) is 6.54 Å². The molecule has 0 saturated carbocycles. The Hall–Kier alpha value is -3.34. The van der Waals surface area contributed by atoms with E-state index in [0.717, 1.165) is 15.4 Å². The Labute approximate surface area is 186 Å². The molecule has 0 aliphatic rings. The van der Waals surface area contributed by atoms with Crippen molar-refractivity contribution >= 4 is 38.9 Å². The SMILES string of the molecule is Cc1ccc(N(CC(=O)Nc2ccc(CC#N)cc2)S(=O)(=O)c2ccccc2)cc1Cl. The second kappa shape index (κ2) is 9.65. The maximum Gasteiger partial charge on any atom is 0.264 e. The third kappa shape index (κ3) is 5.43. The molecule has 3 aromatic carbocycles. The maximum atomic E-state index is 13.3. The Morgan fingerprint density at radius 1 is 1.06 bits per heavy atom. The summed E-state index contributed by atoms with van der Waals surface area (Å²) in [5.41, 5.74) is 2.41. The van der Waals surface area contributed by atoms with Crippen molar-refractivity contribution in [2.45, 2.75) is 18.2 Å².